The molecule has 0 bridgehead atoms. The second kappa shape index (κ2) is 6.56. The number of nitro groups is 2. The van der Waals surface area contributed by atoms with E-state index in [1.54, 1.807) is 6.92 Å². The average Bonchev–Trinajstić information content (AvgIpc) is 2.53. The maximum absolute atomic E-state index is 12.0. The topological polar surface area (TPSA) is 141 Å². The lowest BCUT2D eigenvalue weighted by Gasteiger charge is -2.05. The summed E-state index contributed by atoms with van der Waals surface area (Å²) in [4.78, 5) is 40.1. The van der Waals surface area contributed by atoms with E-state index in [9.17, 15) is 25.0 Å². The molecule has 0 fully saturated rings. The highest BCUT2D eigenvalue weighted by atomic mass is 16.6. The summed E-state index contributed by atoms with van der Waals surface area (Å²) in [6.45, 7) is 1.81. The van der Waals surface area contributed by atoms with E-state index >= 15 is 0 Å². The van der Waals surface area contributed by atoms with E-state index in [1.165, 1.54) is 12.4 Å². The van der Waals surface area contributed by atoms with Crippen LogP contribution in [0.15, 0.2) is 30.6 Å². The van der Waals surface area contributed by atoms with Gasteiger partial charge in [0.05, 0.1) is 45.6 Å². The van der Waals surface area contributed by atoms with Crippen molar-refractivity contribution in [3.05, 3.63) is 67.8 Å². The standard InChI is InChI=1S/C13H11N5O5/c1-8-5-15-10(6-14-8)7-16-13(19)9-2-11(17(20)21)4-12(3-9)18(22)23/h2-6H,7H2,1H3,(H,16,19). The van der Waals surface area contributed by atoms with E-state index in [-0.39, 0.29) is 12.1 Å². The Labute approximate surface area is 129 Å². The monoisotopic (exact) mass is 317 g/mol. The fourth-order valence-corrected chi connectivity index (χ4v) is 1.72. The van der Waals surface area contributed by atoms with Crippen molar-refractivity contribution in [2.45, 2.75) is 13.5 Å². The zero-order chi connectivity index (χ0) is 17.0. The number of non-ortho nitro benzene ring substituents is 2. The molecule has 0 saturated heterocycles. The number of aromatic nitrogens is 2. The summed E-state index contributed by atoms with van der Waals surface area (Å²) >= 11 is 0. The van der Waals surface area contributed by atoms with Gasteiger partial charge in [-0.25, -0.2) is 0 Å². The largest absolute Gasteiger partial charge is 0.346 e. The Balaban J connectivity index is 2.19. The number of nitrogens with one attached hydrogen (secondary N) is 1. The summed E-state index contributed by atoms with van der Waals surface area (Å²) in [5.74, 6) is -0.681. The van der Waals surface area contributed by atoms with Gasteiger partial charge >= 0.3 is 0 Å². The van der Waals surface area contributed by atoms with Gasteiger partial charge in [-0.15, -0.1) is 0 Å². The van der Waals surface area contributed by atoms with Crippen LogP contribution in [0.3, 0.4) is 0 Å². The number of nitrogens with zero attached hydrogens (tertiary/aromatic N) is 4. The number of amides is 1. The van der Waals surface area contributed by atoms with Crippen LogP contribution in [0.1, 0.15) is 21.7 Å². The zero-order valence-corrected chi connectivity index (χ0v) is 11.9. The van der Waals surface area contributed by atoms with Crippen molar-refractivity contribution in [1.82, 2.24) is 15.3 Å². The van der Waals surface area contributed by atoms with Gasteiger partial charge in [-0.05, 0) is 6.92 Å². The second-order valence-electron chi connectivity index (χ2n) is 4.58. The number of rotatable bonds is 5. The Morgan fingerprint density at radius 3 is 2.17 bits per heavy atom. The minimum Gasteiger partial charge on any atom is -0.346 e. The zero-order valence-electron chi connectivity index (χ0n) is 11.9. The van der Waals surface area contributed by atoms with Crippen molar-refractivity contribution >= 4 is 17.3 Å². The minimum atomic E-state index is -0.796. The first-order valence-electron chi connectivity index (χ1n) is 6.36. The molecule has 118 valence electrons. The number of carbonyl (C=O) groups excluding carboxylic acids is 1. The Morgan fingerprint density at radius 2 is 1.70 bits per heavy atom. The van der Waals surface area contributed by atoms with Crippen LogP contribution in [0.2, 0.25) is 0 Å². The summed E-state index contributed by atoms with van der Waals surface area (Å²) in [7, 11) is 0. The van der Waals surface area contributed by atoms with E-state index < -0.39 is 27.1 Å². The van der Waals surface area contributed by atoms with Gasteiger partial charge < -0.3 is 5.32 Å². The highest BCUT2D eigenvalue weighted by Gasteiger charge is 2.19. The summed E-state index contributed by atoms with van der Waals surface area (Å²) < 4.78 is 0. The molecule has 0 spiro atoms. The van der Waals surface area contributed by atoms with Gasteiger partial charge in [-0.2, -0.15) is 0 Å². The van der Waals surface area contributed by atoms with Crippen LogP contribution in [0.25, 0.3) is 0 Å². The maximum Gasteiger partial charge on any atom is 0.277 e. The molecular weight excluding hydrogens is 306 g/mol. The number of hydrogen-bond acceptors (Lipinski definition) is 7. The molecule has 0 unspecified atom stereocenters. The van der Waals surface area contributed by atoms with Gasteiger partial charge in [-0.1, -0.05) is 0 Å². The smallest absolute Gasteiger partial charge is 0.277 e. The lowest BCUT2D eigenvalue weighted by atomic mass is 10.1. The van der Waals surface area contributed by atoms with Gasteiger partial charge in [0.2, 0.25) is 0 Å². The molecule has 23 heavy (non-hydrogen) atoms. The van der Waals surface area contributed by atoms with Gasteiger partial charge in [-0.3, -0.25) is 35.0 Å². The molecule has 2 rings (SSSR count). The molecule has 1 amide bonds. The molecule has 10 heteroatoms. The Hall–Kier alpha value is -3.43. The van der Waals surface area contributed by atoms with Crippen molar-refractivity contribution in [2.24, 2.45) is 0 Å². The minimum absolute atomic E-state index is 0.0442. The van der Waals surface area contributed by atoms with Crippen molar-refractivity contribution in [3.63, 3.8) is 0 Å². The van der Waals surface area contributed by atoms with Gasteiger partial charge in [0.1, 0.15) is 0 Å². The van der Waals surface area contributed by atoms with E-state index in [0.29, 0.717) is 5.69 Å². The first kappa shape index (κ1) is 15.9. The summed E-state index contributed by atoms with van der Waals surface area (Å²) in [6.07, 6.45) is 3.01. The predicted molar refractivity (Wildman–Crippen MR) is 77.7 cm³/mol. The SMILES string of the molecule is Cc1cnc(CNC(=O)c2cc([N+](=O)[O-])cc([N+](=O)[O-])c2)cn1. The molecule has 0 atom stereocenters. The van der Waals surface area contributed by atoms with Crippen LogP contribution in [0.4, 0.5) is 11.4 Å². The van der Waals surface area contributed by atoms with Crippen molar-refractivity contribution in [2.75, 3.05) is 0 Å². The molecule has 0 aliphatic carbocycles. The number of nitro benzene ring substituents is 2. The molecule has 2 aromatic rings. The van der Waals surface area contributed by atoms with Crippen molar-refractivity contribution in [1.29, 1.82) is 0 Å². The van der Waals surface area contributed by atoms with Crippen LogP contribution < -0.4 is 5.32 Å². The van der Waals surface area contributed by atoms with E-state index in [1.807, 2.05) is 0 Å². The molecule has 0 aliphatic rings. The van der Waals surface area contributed by atoms with Crippen LogP contribution in [0, 0.1) is 27.2 Å². The molecule has 0 saturated carbocycles. The maximum atomic E-state index is 12.0. The Kier molecular flexibility index (Phi) is 4.55. The first-order chi connectivity index (χ1) is 10.9. The van der Waals surface area contributed by atoms with Crippen LogP contribution in [0.5, 0.6) is 0 Å². The Morgan fingerprint density at radius 1 is 1.09 bits per heavy atom. The third-order valence-electron chi connectivity index (χ3n) is 2.85. The number of aryl methyl sites for hydroxylation is 1. The fraction of sp³-hybridized carbons (Fsp3) is 0.154. The summed E-state index contributed by atoms with van der Waals surface area (Å²) in [5, 5.41) is 24.1. The molecule has 1 aromatic heterocycles. The molecular formula is C13H11N5O5. The van der Waals surface area contributed by atoms with Crippen molar-refractivity contribution in [3.8, 4) is 0 Å². The van der Waals surface area contributed by atoms with Gasteiger partial charge in [0, 0.05) is 18.3 Å². The quantitative estimate of drug-likeness (QED) is 0.651. The average molecular weight is 317 g/mol. The lowest BCUT2D eigenvalue weighted by Crippen LogP contribution is -2.23. The molecule has 1 heterocycles. The molecule has 10 nitrogen and oxygen atoms in total. The number of hydrogen-bond donors (Lipinski definition) is 1. The molecule has 1 N–H and O–H groups in total. The lowest BCUT2D eigenvalue weighted by molar-refractivity contribution is -0.394. The first-order valence-corrected chi connectivity index (χ1v) is 6.36. The third kappa shape index (κ3) is 4.03. The summed E-state index contributed by atoms with van der Waals surface area (Å²) in [6, 6.07) is 2.74. The van der Waals surface area contributed by atoms with Crippen molar-refractivity contribution < 1.29 is 14.6 Å². The fourth-order valence-electron chi connectivity index (χ4n) is 1.72. The van der Waals surface area contributed by atoms with Gasteiger partial charge in [0.25, 0.3) is 17.3 Å². The van der Waals surface area contributed by atoms with E-state index in [0.717, 1.165) is 23.9 Å². The van der Waals surface area contributed by atoms with E-state index in [4.69, 9.17) is 0 Å². The molecule has 0 radical (unpaired) electrons. The second-order valence-corrected chi connectivity index (χ2v) is 4.58. The highest BCUT2D eigenvalue weighted by Crippen LogP contribution is 2.22. The van der Waals surface area contributed by atoms with Gasteiger partial charge in [0.15, 0.2) is 0 Å². The third-order valence-corrected chi connectivity index (χ3v) is 2.85. The van der Waals surface area contributed by atoms with Crippen LogP contribution >= 0.6 is 0 Å². The number of benzene rings is 1. The van der Waals surface area contributed by atoms with E-state index in [2.05, 4.69) is 15.3 Å². The molecule has 0 aliphatic heterocycles. The van der Waals surface area contributed by atoms with Crippen LogP contribution in [-0.4, -0.2) is 25.7 Å². The summed E-state index contributed by atoms with van der Waals surface area (Å²) in [5.41, 5.74) is -0.0248. The molecule has 1 aromatic carbocycles. The van der Waals surface area contributed by atoms with Crippen LogP contribution in [-0.2, 0) is 6.54 Å². The Bertz CT molecular complexity index is 743. The normalized spacial score (nSPS) is 10.1. The predicted octanol–water partition coefficient (Wildman–Crippen LogP) is 1.53. The highest BCUT2D eigenvalue weighted by molar-refractivity contribution is 5.95. The number of carbonyl (C=O) groups is 1.